The summed E-state index contributed by atoms with van der Waals surface area (Å²) in [6.45, 7) is 14.1. The number of unbranched alkanes of at least 4 members (excludes halogenated alkanes) is 1. The number of anilines is 3. The summed E-state index contributed by atoms with van der Waals surface area (Å²) in [7, 11) is 1.64. The van der Waals surface area contributed by atoms with Crippen molar-refractivity contribution in [1.82, 2.24) is 14.9 Å². The molecule has 2 heterocycles. The lowest BCUT2D eigenvalue weighted by atomic mass is 9.91. The van der Waals surface area contributed by atoms with E-state index in [2.05, 4.69) is 33.3 Å². The summed E-state index contributed by atoms with van der Waals surface area (Å²) in [5, 5.41) is 3.20. The number of carbonyl (C=O) groups is 1. The third-order valence-electron chi connectivity index (χ3n) is 5.61. The Balaban J connectivity index is 0.00000235. The molecule has 1 amide bonds. The number of ether oxygens (including phenoxy) is 2. The Bertz CT molecular complexity index is 1060. The molecule has 1 aromatic carbocycles. The molecule has 1 aromatic heterocycles. The summed E-state index contributed by atoms with van der Waals surface area (Å²) in [5.74, 6) is 1.65. The summed E-state index contributed by atoms with van der Waals surface area (Å²) in [6.07, 6.45) is 3.39. The van der Waals surface area contributed by atoms with E-state index in [9.17, 15) is 4.79 Å². The van der Waals surface area contributed by atoms with Gasteiger partial charge in [-0.15, -0.1) is 0 Å². The number of nitrogens with one attached hydrogen (secondary N) is 1. The fourth-order valence-electron chi connectivity index (χ4n) is 3.66. The highest BCUT2D eigenvalue weighted by molar-refractivity contribution is 5.88. The molecule has 3 rings (SSSR count). The molecule has 10 heteroatoms. The van der Waals surface area contributed by atoms with E-state index in [1.54, 1.807) is 18.2 Å². The number of aromatic nitrogens is 2. The van der Waals surface area contributed by atoms with Gasteiger partial charge in [0.15, 0.2) is 5.82 Å². The standard InChI is InChI=1S/C25H37N7O3.C2H6/c1-6-7-10-29-22-21(26)19(30-23(27)31-22)13-28-12-17-9-8-16(11-20(17)34-5)18-14-32(15-18)24(33)35-25(2,3)4;1-2/h8-9,11,13,18H,6-7,10,12,14-15,26H2,1-5H3,(H3,27,29,30,31);1-2H3. The van der Waals surface area contributed by atoms with Gasteiger partial charge in [-0.25, -0.2) is 9.78 Å². The highest BCUT2D eigenvalue weighted by Crippen LogP contribution is 2.32. The summed E-state index contributed by atoms with van der Waals surface area (Å²) >= 11 is 0. The van der Waals surface area contributed by atoms with E-state index in [1.165, 1.54) is 0 Å². The predicted molar refractivity (Wildman–Crippen MR) is 150 cm³/mol. The fraction of sp³-hybridized carbons (Fsp3) is 0.556. The van der Waals surface area contributed by atoms with Gasteiger partial charge in [0.25, 0.3) is 0 Å². The zero-order valence-electron chi connectivity index (χ0n) is 23.3. The van der Waals surface area contributed by atoms with E-state index in [0.717, 1.165) is 36.3 Å². The first kappa shape index (κ1) is 29.7. The van der Waals surface area contributed by atoms with Crippen LogP contribution in [0.15, 0.2) is 23.2 Å². The lowest BCUT2D eigenvalue weighted by Gasteiger charge is -2.40. The normalized spacial score (nSPS) is 13.5. The lowest BCUT2D eigenvalue weighted by Crippen LogP contribution is -2.50. The van der Waals surface area contributed by atoms with Crippen LogP contribution in [-0.2, 0) is 11.3 Å². The SMILES string of the molecule is CC.CCCCNc1nc(N)nc(C=NCc2ccc(C3CN(C(=O)OC(C)(C)C)C3)cc2OC)c1N. The van der Waals surface area contributed by atoms with Gasteiger partial charge in [0.2, 0.25) is 5.95 Å². The van der Waals surface area contributed by atoms with Crippen molar-refractivity contribution in [3.8, 4) is 5.75 Å². The maximum absolute atomic E-state index is 12.2. The maximum Gasteiger partial charge on any atom is 0.410 e. The quantitative estimate of drug-likeness (QED) is 0.319. The number of nitrogens with two attached hydrogens (primary N) is 2. The molecule has 204 valence electrons. The number of aliphatic imine (C=N–C) groups is 1. The van der Waals surface area contributed by atoms with Gasteiger partial charge in [0, 0.05) is 37.3 Å². The molecule has 1 aliphatic rings. The number of methoxy groups -OCH3 is 1. The van der Waals surface area contributed by atoms with Gasteiger partial charge >= 0.3 is 6.09 Å². The molecule has 1 fully saturated rings. The zero-order chi connectivity index (χ0) is 27.6. The Morgan fingerprint density at radius 1 is 1.24 bits per heavy atom. The number of likely N-dealkylation sites (tertiary alicyclic amines) is 1. The second-order valence-electron chi connectivity index (χ2n) is 9.63. The predicted octanol–water partition coefficient (Wildman–Crippen LogP) is 4.84. The van der Waals surface area contributed by atoms with Crippen LogP contribution >= 0.6 is 0 Å². The number of benzene rings is 1. The minimum Gasteiger partial charge on any atom is -0.496 e. The molecular weight excluding hydrogens is 470 g/mol. The second-order valence-corrected chi connectivity index (χ2v) is 9.63. The number of carbonyl (C=O) groups excluding carboxylic acids is 1. The topological polar surface area (TPSA) is 141 Å². The largest absolute Gasteiger partial charge is 0.496 e. The maximum atomic E-state index is 12.2. The molecule has 2 aromatic rings. The van der Waals surface area contributed by atoms with E-state index < -0.39 is 5.60 Å². The first-order valence-corrected chi connectivity index (χ1v) is 12.9. The van der Waals surface area contributed by atoms with Crippen molar-refractivity contribution in [2.24, 2.45) is 4.99 Å². The number of rotatable bonds is 9. The fourth-order valence-corrected chi connectivity index (χ4v) is 3.66. The molecule has 37 heavy (non-hydrogen) atoms. The average molecular weight is 514 g/mol. The first-order chi connectivity index (χ1) is 17.6. The third-order valence-corrected chi connectivity index (χ3v) is 5.61. The Hall–Kier alpha value is -3.56. The van der Waals surface area contributed by atoms with Crippen LogP contribution in [0.3, 0.4) is 0 Å². The molecule has 10 nitrogen and oxygen atoms in total. The molecule has 0 bridgehead atoms. The van der Waals surface area contributed by atoms with Crippen molar-refractivity contribution in [1.29, 1.82) is 0 Å². The summed E-state index contributed by atoms with van der Waals surface area (Å²) < 4.78 is 11.0. The molecule has 0 atom stereocenters. The van der Waals surface area contributed by atoms with Crippen LogP contribution < -0.4 is 21.5 Å². The second kappa shape index (κ2) is 13.7. The van der Waals surface area contributed by atoms with Crippen molar-refractivity contribution in [2.75, 3.05) is 43.5 Å². The monoisotopic (exact) mass is 513 g/mol. The van der Waals surface area contributed by atoms with E-state index in [0.29, 0.717) is 36.8 Å². The molecule has 0 spiro atoms. The van der Waals surface area contributed by atoms with Crippen LogP contribution in [-0.4, -0.2) is 59.5 Å². The van der Waals surface area contributed by atoms with Crippen LogP contribution in [0, 0.1) is 0 Å². The van der Waals surface area contributed by atoms with E-state index >= 15 is 0 Å². The highest BCUT2D eigenvalue weighted by Gasteiger charge is 2.34. The molecule has 1 aliphatic heterocycles. The van der Waals surface area contributed by atoms with Crippen LogP contribution in [0.5, 0.6) is 5.75 Å². The highest BCUT2D eigenvalue weighted by atomic mass is 16.6. The van der Waals surface area contributed by atoms with Crippen molar-refractivity contribution >= 4 is 29.8 Å². The number of nitrogens with zero attached hydrogens (tertiary/aromatic N) is 4. The van der Waals surface area contributed by atoms with Crippen LogP contribution in [0.4, 0.5) is 22.2 Å². The third kappa shape index (κ3) is 8.51. The van der Waals surface area contributed by atoms with E-state index in [1.807, 2.05) is 46.8 Å². The summed E-state index contributed by atoms with van der Waals surface area (Å²) in [4.78, 5) is 26.8. The number of amides is 1. The molecule has 0 aliphatic carbocycles. The minimum absolute atomic E-state index is 0.141. The first-order valence-electron chi connectivity index (χ1n) is 12.9. The summed E-state index contributed by atoms with van der Waals surface area (Å²) in [6, 6.07) is 6.06. The molecule has 0 radical (unpaired) electrons. The number of hydrogen-bond donors (Lipinski definition) is 3. The van der Waals surface area contributed by atoms with Gasteiger partial charge in [-0.1, -0.05) is 39.3 Å². The van der Waals surface area contributed by atoms with Gasteiger partial charge in [0.1, 0.15) is 22.7 Å². The van der Waals surface area contributed by atoms with Gasteiger partial charge in [-0.3, -0.25) is 4.99 Å². The Morgan fingerprint density at radius 2 is 1.95 bits per heavy atom. The lowest BCUT2D eigenvalue weighted by molar-refractivity contribution is 0.00818. The van der Waals surface area contributed by atoms with E-state index in [4.69, 9.17) is 20.9 Å². The van der Waals surface area contributed by atoms with Crippen LogP contribution in [0.1, 0.15) is 77.1 Å². The van der Waals surface area contributed by atoms with Gasteiger partial charge in [0.05, 0.1) is 13.7 Å². The molecular formula is C27H43N7O3. The molecule has 1 saturated heterocycles. The van der Waals surface area contributed by atoms with Crippen molar-refractivity contribution < 1.29 is 14.3 Å². The van der Waals surface area contributed by atoms with Gasteiger partial charge < -0.3 is 31.2 Å². The van der Waals surface area contributed by atoms with Crippen LogP contribution in [0.25, 0.3) is 0 Å². The average Bonchev–Trinajstić information content (AvgIpc) is 2.81. The smallest absolute Gasteiger partial charge is 0.410 e. The van der Waals surface area contributed by atoms with Gasteiger partial charge in [-0.05, 0) is 38.8 Å². The van der Waals surface area contributed by atoms with Crippen molar-refractivity contribution in [3.63, 3.8) is 0 Å². The molecule has 5 N–H and O–H groups in total. The Kier molecular flexibility index (Phi) is 11.0. The van der Waals surface area contributed by atoms with Crippen molar-refractivity contribution in [2.45, 2.75) is 72.4 Å². The van der Waals surface area contributed by atoms with Crippen molar-refractivity contribution in [3.05, 3.63) is 35.0 Å². The minimum atomic E-state index is -0.497. The van der Waals surface area contributed by atoms with E-state index in [-0.39, 0.29) is 18.0 Å². The Labute approximate surface area is 220 Å². The molecule has 0 saturated carbocycles. The summed E-state index contributed by atoms with van der Waals surface area (Å²) in [5.41, 5.74) is 14.5. The van der Waals surface area contributed by atoms with Gasteiger partial charge in [-0.2, -0.15) is 4.98 Å². The van der Waals surface area contributed by atoms with Crippen LogP contribution in [0.2, 0.25) is 0 Å². The Morgan fingerprint density at radius 3 is 2.57 bits per heavy atom. The zero-order valence-corrected chi connectivity index (χ0v) is 23.3. The number of hydrogen-bond acceptors (Lipinski definition) is 9. The number of nitrogen functional groups attached to an aromatic ring is 2. The molecule has 0 unspecified atom stereocenters.